The fraction of sp³-hybridized carbons (Fsp3) is 0.722. The van der Waals surface area contributed by atoms with E-state index < -0.39 is 10.0 Å². The Kier molecular flexibility index (Phi) is 14.4. The van der Waals surface area contributed by atoms with Gasteiger partial charge in [0.05, 0.1) is 0 Å². The van der Waals surface area contributed by atoms with Crippen LogP contribution < -0.4 is 10.6 Å². The van der Waals surface area contributed by atoms with Gasteiger partial charge in [0.1, 0.15) is 4.21 Å². The summed E-state index contributed by atoms with van der Waals surface area (Å²) in [6, 6.07) is 3.63. The molecule has 1 aromatic rings. The van der Waals surface area contributed by atoms with Crippen LogP contribution in [-0.4, -0.2) is 51.4 Å². The third kappa shape index (κ3) is 9.10. The molecule has 1 heterocycles. The summed E-state index contributed by atoms with van der Waals surface area (Å²) in [4.78, 5) is 5.63. The number of halogens is 1. The predicted molar refractivity (Wildman–Crippen MR) is 127 cm³/mol. The monoisotopic (exact) mass is 530 g/mol. The van der Waals surface area contributed by atoms with Gasteiger partial charge in [-0.25, -0.2) is 8.42 Å². The second-order valence-electron chi connectivity index (χ2n) is 5.95. The molecular weight excluding hydrogens is 495 g/mol. The van der Waals surface area contributed by atoms with E-state index in [9.17, 15) is 8.42 Å². The summed E-state index contributed by atoms with van der Waals surface area (Å²) >= 11 is 1.36. The molecule has 0 aliphatic rings. The summed E-state index contributed by atoms with van der Waals surface area (Å²) in [5.41, 5.74) is 0. The van der Waals surface area contributed by atoms with Crippen LogP contribution in [0.15, 0.2) is 21.3 Å². The summed E-state index contributed by atoms with van der Waals surface area (Å²) < 4.78 is 27.0. The molecule has 1 rings (SSSR count). The van der Waals surface area contributed by atoms with E-state index in [0.29, 0.717) is 17.3 Å². The molecule has 2 N–H and O–H groups in total. The maximum atomic E-state index is 12.5. The molecule has 0 saturated heterocycles. The maximum absolute atomic E-state index is 12.5. The Morgan fingerprint density at radius 2 is 1.81 bits per heavy atom. The molecule has 0 saturated carbocycles. The molecule has 0 spiro atoms. The van der Waals surface area contributed by atoms with Gasteiger partial charge in [0, 0.05) is 37.6 Å². The standard InChI is InChI=1S/C18H34N4O2S2.HI/c1-5-9-10-14-20-18(19-6-2)21-15-13-16-11-12-17(25-16)26(23,24)22(7-3)8-4;/h11-12H,5-10,13-15H2,1-4H3,(H2,19,20,21);1H. The van der Waals surface area contributed by atoms with Crippen LogP contribution in [0.4, 0.5) is 0 Å². The Morgan fingerprint density at radius 1 is 1.11 bits per heavy atom. The van der Waals surface area contributed by atoms with Crippen LogP contribution in [0.5, 0.6) is 0 Å². The molecule has 0 atom stereocenters. The zero-order valence-corrected chi connectivity index (χ0v) is 20.9. The minimum absolute atomic E-state index is 0. The van der Waals surface area contributed by atoms with Crippen molar-refractivity contribution in [2.45, 2.75) is 57.6 Å². The van der Waals surface area contributed by atoms with E-state index in [1.807, 2.05) is 26.8 Å². The smallest absolute Gasteiger partial charge is 0.252 e. The Hall–Kier alpha value is -0.390. The van der Waals surface area contributed by atoms with Gasteiger partial charge in [-0.15, -0.1) is 35.3 Å². The molecule has 9 heteroatoms. The van der Waals surface area contributed by atoms with Gasteiger partial charge in [-0.05, 0) is 31.9 Å². The minimum atomic E-state index is -3.35. The molecule has 158 valence electrons. The average molecular weight is 531 g/mol. The Morgan fingerprint density at radius 3 is 2.41 bits per heavy atom. The van der Waals surface area contributed by atoms with Gasteiger partial charge in [-0.3, -0.25) is 4.99 Å². The highest BCUT2D eigenvalue weighted by Crippen LogP contribution is 2.25. The second-order valence-corrected chi connectivity index (χ2v) is 9.29. The fourth-order valence-electron chi connectivity index (χ4n) is 2.52. The van der Waals surface area contributed by atoms with Crippen molar-refractivity contribution < 1.29 is 8.42 Å². The summed E-state index contributed by atoms with van der Waals surface area (Å²) in [5.74, 6) is 0.830. The normalized spacial score (nSPS) is 12.1. The molecule has 0 unspecified atom stereocenters. The first-order valence-corrected chi connectivity index (χ1v) is 11.9. The first kappa shape index (κ1) is 26.6. The Bertz CT molecular complexity index is 644. The van der Waals surface area contributed by atoms with Gasteiger partial charge in [0.15, 0.2) is 5.96 Å². The van der Waals surface area contributed by atoms with Crippen molar-refractivity contribution in [2.75, 3.05) is 32.7 Å². The molecule has 27 heavy (non-hydrogen) atoms. The van der Waals surface area contributed by atoms with Crippen LogP contribution >= 0.6 is 35.3 Å². The summed E-state index contributed by atoms with van der Waals surface area (Å²) in [6.07, 6.45) is 4.26. The van der Waals surface area contributed by atoms with Crippen LogP contribution in [0.2, 0.25) is 0 Å². The predicted octanol–water partition coefficient (Wildman–Crippen LogP) is 3.68. The third-order valence-electron chi connectivity index (χ3n) is 3.98. The molecule has 0 fully saturated rings. The summed E-state index contributed by atoms with van der Waals surface area (Å²) in [7, 11) is -3.35. The number of hydrogen-bond acceptors (Lipinski definition) is 4. The Balaban J connectivity index is 0.00000676. The number of thiophene rings is 1. The second kappa shape index (κ2) is 14.6. The lowest BCUT2D eigenvalue weighted by Crippen LogP contribution is -2.38. The number of guanidine groups is 1. The highest BCUT2D eigenvalue weighted by Gasteiger charge is 2.23. The highest BCUT2D eigenvalue weighted by molar-refractivity contribution is 14.0. The lowest BCUT2D eigenvalue weighted by atomic mass is 10.2. The van der Waals surface area contributed by atoms with E-state index >= 15 is 0 Å². The van der Waals surface area contributed by atoms with E-state index in [0.717, 1.165) is 43.3 Å². The number of unbranched alkanes of at least 4 members (excludes halogenated alkanes) is 2. The van der Waals surface area contributed by atoms with Crippen LogP contribution in [0.1, 0.15) is 51.8 Å². The number of sulfonamides is 1. The Labute approximate surface area is 186 Å². The van der Waals surface area contributed by atoms with E-state index in [4.69, 9.17) is 0 Å². The van der Waals surface area contributed by atoms with Gasteiger partial charge >= 0.3 is 0 Å². The first-order valence-electron chi connectivity index (χ1n) is 9.60. The first-order chi connectivity index (χ1) is 12.5. The zero-order chi connectivity index (χ0) is 19.4. The maximum Gasteiger partial charge on any atom is 0.252 e. The molecule has 0 aliphatic carbocycles. The SMILES string of the molecule is CCCCCN=C(NCC)NCCc1ccc(S(=O)(=O)N(CC)CC)s1.I. The van der Waals surface area contributed by atoms with E-state index in [2.05, 4.69) is 22.5 Å². The number of hydrogen-bond donors (Lipinski definition) is 2. The van der Waals surface area contributed by atoms with E-state index in [1.165, 1.54) is 28.5 Å². The molecule has 6 nitrogen and oxygen atoms in total. The minimum Gasteiger partial charge on any atom is -0.357 e. The largest absolute Gasteiger partial charge is 0.357 e. The third-order valence-corrected chi connectivity index (χ3v) is 7.64. The highest BCUT2D eigenvalue weighted by atomic mass is 127. The van der Waals surface area contributed by atoms with Crippen molar-refractivity contribution in [3.05, 3.63) is 17.0 Å². The van der Waals surface area contributed by atoms with Gasteiger partial charge in [-0.2, -0.15) is 4.31 Å². The van der Waals surface area contributed by atoms with Crippen molar-refractivity contribution in [2.24, 2.45) is 4.99 Å². The van der Waals surface area contributed by atoms with Crippen LogP contribution in [-0.2, 0) is 16.4 Å². The van der Waals surface area contributed by atoms with Gasteiger partial charge in [-0.1, -0.05) is 33.6 Å². The van der Waals surface area contributed by atoms with Gasteiger partial charge < -0.3 is 10.6 Å². The van der Waals surface area contributed by atoms with Crippen molar-refractivity contribution in [3.8, 4) is 0 Å². The summed E-state index contributed by atoms with van der Waals surface area (Å²) in [6.45, 7) is 11.3. The summed E-state index contributed by atoms with van der Waals surface area (Å²) in [5, 5.41) is 6.57. The molecule has 0 amide bonds. The molecule has 1 aromatic heterocycles. The van der Waals surface area contributed by atoms with E-state index in [1.54, 1.807) is 6.07 Å². The van der Waals surface area contributed by atoms with Crippen molar-refractivity contribution in [3.63, 3.8) is 0 Å². The van der Waals surface area contributed by atoms with Gasteiger partial charge in [0.2, 0.25) is 0 Å². The molecular formula is C18H35IN4O2S2. The van der Waals surface area contributed by atoms with Crippen molar-refractivity contribution >= 4 is 51.3 Å². The fourth-order valence-corrected chi connectivity index (χ4v) is 5.49. The average Bonchev–Trinajstić information content (AvgIpc) is 3.09. The van der Waals surface area contributed by atoms with E-state index in [-0.39, 0.29) is 24.0 Å². The number of nitrogens with zero attached hydrogens (tertiary/aromatic N) is 2. The molecule has 0 radical (unpaired) electrons. The lowest BCUT2D eigenvalue weighted by molar-refractivity contribution is 0.447. The van der Waals surface area contributed by atoms with Crippen molar-refractivity contribution in [1.82, 2.24) is 14.9 Å². The number of aliphatic imine (C=N–C) groups is 1. The topological polar surface area (TPSA) is 73.8 Å². The zero-order valence-electron chi connectivity index (χ0n) is 17.0. The molecule has 0 aromatic carbocycles. The number of rotatable bonds is 12. The number of nitrogens with one attached hydrogen (secondary N) is 2. The van der Waals surface area contributed by atoms with Gasteiger partial charge in [0.25, 0.3) is 10.0 Å². The quantitative estimate of drug-likeness (QED) is 0.187. The van der Waals surface area contributed by atoms with Crippen LogP contribution in [0.25, 0.3) is 0 Å². The van der Waals surface area contributed by atoms with Crippen LogP contribution in [0, 0.1) is 0 Å². The molecule has 0 aliphatic heterocycles. The van der Waals surface area contributed by atoms with Crippen LogP contribution in [0.3, 0.4) is 0 Å². The van der Waals surface area contributed by atoms with Crippen molar-refractivity contribution in [1.29, 1.82) is 0 Å². The lowest BCUT2D eigenvalue weighted by Gasteiger charge is -2.16. The molecule has 0 bridgehead atoms.